The Hall–Kier alpha value is 0.240. The molecule has 0 aromatic carbocycles. The Morgan fingerprint density at radius 1 is 1.30 bits per heavy atom. The van der Waals surface area contributed by atoms with Gasteiger partial charge >= 0.3 is 0 Å². The molecule has 1 saturated carbocycles. The van der Waals surface area contributed by atoms with Crippen molar-refractivity contribution in [3.63, 3.8) is 0 Å². The summed E-state index contributed by atoms with van der Waals surface area (Å²) in [6.07, 6.45) is 6.74. The van der Waals surface area contributed by atoms with Crippen LogP contribution in [0.4, 0.5) is 0 Å². The highest BCUT2D eigenvalue weighted by molar-refractivity contribution is 8.23. The highest BCUT2D eigenvalue weighted by Crippen LogP contribution is 2.27. The molecule has 58 valence electrons. The van der Waals surface area contributed by atoms with Gasteiger partial charge in [-0.25, -0.2) is 0 Å². The van der Waals surface area contributed by atoms with E-state index in [1.165, 1.54) is 32.1 Å². The summed E-state index contributed by atoms with van der Waals surface area (Å²) in [4.78, 5) is 0. The lowest BCUT2D eigenvalue weighted by Crippen LogP contribution is -2.14. The highest BCUT2D eigenvalue weighted by Gasteiger charge is 2.13. The van der Waals surface area contributed by atoms with Gasteiger partial charge in [0.05, 0.1) is 0 Å². The number of hydrogen-bond donors (Lipinski definition) is 1. The molecule has 0 bridgehead atoms. The average molecular weight is 175 g/mol. The third-order valence-electron chi connectivity index (χ3n) is 1.84. The van der Waals surface area contributed by atoms with Crippen LogP contribution in [0.15, 0.2) is 0 Å². The second-order valence-electron chi connectivity index (χ2n) is 2.70. The van der Waals surface area contributed by atoms with Crippen LogP contribution in [-0.4, -0.2) is 9.57 Å². The maximum Gasteiger partial charge on any atom is 0.131 e. The average Bonchev–Trinajstić information content (AvgIpc) is 1.88. The summed E-state index contributed by atoms with van der Waals surface area (Å²) in [7, 11) is 0. The van der Waals surface area contributed by atoms with Crippen LogP contribution in [-0.2, 0) is 0 Å². The molecule has 1 aliphatic carbocycles. The standard InChI is InChI=1S/C7H13NS2/c8-7(9)10-6-4-2-1-3-5-6/h6H,1-5H2,(H2,8,9). The minimum absolute atomic E-state index is 0.617. The molecule has 0 unspecified atom stereocenters. The third kappa shape index (κ3) is 2.88. The lowest BCUT2D eigenvalue weighted by molar-refractivity contribution is 0.517. The summed E-state index contributed by atoms with van der Waals surface area (Å²) in [6, 6.07) is 0. The van der Waals surface area contributed by atoms with Crippen LogP contribution in [0.1, 0.15) is 32.1 Å². The molecule has 10 heavy (non-hydrogen) atoms. The molecule has 0 aromatic heterocycles. The molecule has 1 aliphatic rings. The maximum absolute atomic E-state index is 5.42. The second-order valence-corrected chi connectivity index (χ2v) is 4.74. The molecule has 0 saturated heterocycles. The molecule has 0 heterocycles. The van der Waals surface area contributed by atoms with Crippen molar-refractivity contribution in [2.75, 3.05) is 0 Å². The first-order chi connectivity index (χ1) is 4.79. The van der Waals surface area contributed by atoms with E-state index in [2.05, 4.69) is 0 Å². The molecule has 1 fully saturated rings. The zero-order valence-electron chi connectivity index (χ0n) is 6.01. The molecule has 0 radical (unpaired) electrons. The zero-order chi connectivity index (χ0) is 7.40. The summed E-state index contributed by atoms with van der Waals surface area (Å²) < 4.78 is 0.617. The number of thiocarbonyl (C=S) groups is 1. The van der Waals surface area contributed by atoms with Crippen molar-refractivity contribution in [3.05, 3.63) is 0 Å². The molecule has 3 heteroatoms. The van der Waals surface area contributed by atoms with Crippen LogP contribution in [0.25, 0.3) is 0 Å². The van der Waals surface area contributed by atoms with Crippen LogP contribution >= 0.6 is 24.0 Å². The van der Waals surface area contributed by atoms with Crippen molar-refractivity contribution < 1.29 is 0 Å². The summed E-state index contributed by atoms with van der Waals surface area (Å²) in [5.41, 5.74) is 5.42. The van der Waals surface area contributed by atoms with E-state index in [1.54, 1.807) is 11.8 Å². The number of rotatable bonds is 1. The maximum atomic E-state index is 5.42. The second kappa shape index (κ2) is 4.19. The monoisotopic (exact) mass is 175 g/mol. The minimum Gasteiger partial charge on any atom is -0.385 e. The van der Waals surface area contributed by atoms with Gasteiger partial charge in [0.2, 0.25) is 0 Å². The number of nitrogens with two attached hydrogens (primary N) is 1. The Morgan fingerprint density at radius 3 is 2.40 bits per heavy atom. The van der Waals surface area contributed by atoms with E-state index in [0.29, 0.717) is 4.32 Å². The van der Waals surface area contributed by atoms with Crippen molar-refractivity contribution in [2.24, 2.45) is 5.73 Å². The molecule has 2 N–H and O–H groups in total. The first kappa shape index (κ1) is 8.34. The first-order valence-corrected chi connectivity index (χ1v) is 5.04. The Labute approximate surface area is 71.7 Å². The quantitative estimate of drug-likeness (QED) is 0.619. The largest absolute Gasteiger partial charge is 0.385 e. The van der Waals surface area contributed by atoms with Crippen molar-refractivity contribution in [1.29, 1.82) is 0 Å². The Kier molecular flexibility index (Phi) is 3.49. The van der Waals surface area contributed by atoms with Gasteiger partial charge in [-0.3, -0.25) is 0 Å². The lowest BCUT2D eigenvalue weighted by Gasteiger charge is -2.19. The minimum atomic E-state index is 0.617. The Bertz CT molecular complexity index is 119. The van der Waals surface area contributed by atoms with E-state index in [0.717, 1.165) is 5.25 Å². The molecule has 1 nitrogen and oxygen atoms in total. The van der Waals surface area contributed by atoms with Crippen molar-refractivity contribution in [1.82, 2.24) is 0 Å². The molecule has 0 spiro atoms. The number of hydrogen-bond acceptors (Lipinski definition) is 2. The lowest BCUT2D eigenvalue weighted by atomic mass is 10.0. The van der Waals surface area contributed by atoms with E-state index >= 15 is 0 Å². The molecule has 0 aromatic rings. The molecular weight excluding hydrogens is 162 g/mol. The SMILES string of the molecule is NC(=S)SC1CCCCC1. The van der Waals surface area contributed by atoms with Crippen LogP contribution < -0.4 is 5.73 Å². The van der Waals surface area contributed by atoms with Crippen molar-refractivity contribution >= 4 is 28.3 Å². The smallest absolute Gasteiger partial charge is 0.131 e. The zero-order valence-corrected chi connectivity index (χ0v) is 7.64. The topological polar surface area (TPSA) is 26.0 Å². The van der Waals surface area contributed by atoms with Gasteiger partial charge in [-0.05, 0) is 12.8 Å². The summed E-state index contributed by atoms with van der Waals surface area (Å²) in [6.45, 7) is 0. The predicted octanol–water partition coefficient (Wildman–Crippen LogP) is 2.30. The molecule has 0 amide bonds. The Balaban J connectivity index is 2.19. The summed E-state index contributed by atoms with van der Waals surface area (Å²) >= 11 is 6.50. The van der Waals surface area contributed by atoms with E-state index in [-0.39, 0.29) is 0 Å². The van der Waals surface area contributed by atoms with Gasteiger partial charge in [-0.1, -0.05) is 43.2 Å². The Morgan fingerprint density at radius 2 is 1.90 bits per heavy atom. The van der Waals surface area contributed by atoms with Gasteiger partial charge < -0.3 is 5.73 Å². The van der Waals surface area contributed by atoms with Crippen molar-refractivity contribution in [2.45, 2.75) is 37.4 Å². The van der Waals surface area contributed by atoms with Crippen molar-refractivity contribution in [3.8, 4) is 0 Å². The molecule has 0 atom stereocenters. The van der Waals surface area contributed by atoms with E-state index in [1.807, 2.05) is 0 Å². The van der Waals surface area contributed by atoms with Crippen LogP contribution in [0.2, 0.25) is 0 Å². The van der Waals surface area contributed by atoms with E-state index < -0.39 is 0 Å². The van der Waals surface area contributed by atoms with Crippen LogP contribution in [0.5, 0.6) is 0 Å². The van der Waals surface area contributed by atoms with Gasteiger partial charge in [-0.15, -0.1) is 0 Å². The summed E-state index contributed by atoms with van der Waals surface area (Å²) in [5, 5.41) is 0.728. The molecular formula is C7H13NS2. The van der Waals surface area contributed by atoms with Gasteiger partial charge in [0.25, 0.3) is 0 Å². The van der Waals surface area contributed by atoms with Crippen LogP contribution in [0, 0.1) is 0 Å². The fourth-order valence-corrected chi connectivity index (χ4v) is 2.65. The molecule has 1 rings (SSSR count). The predicted molar refractivity (Wildman–Crippen MR) is 51.2 cm³/mol. The highest BCUT2D eigenvalue weighted by atomic mass is 32.2. The molecule has 0 aliphatic heterocycles. The first-order valence-electron chi connectivity index (χ1n) is 3.75. The fourth-order valence-electron chi connectivity index (χ4n) is 1.35. The van der Waals surface area contributed by atoms with Gasteiger partial charge in [0.1, 0.15) is 4.32 Å². The van der Waals surface area contributed by atoms with Gasteiger partial charge in [0.15, 0.2) is 0 Å². The fraction of sp³-hybridized carbons (Fsp3) is 0.857. The third-order valence-corrected chi connectivity index (χ3v) is 3.16. The summed E-state index contributed by atoms with van der Waals surface area (Å²) in [5.74, 6) is 0. The van der Waals surface area contributed by atoms with Crippen LogP contribution in [0.3, 0.4) is 0 Å². The van der Waals surface area contributed by atoms with E-state index in [9.17, 15) is 0 Å². The van der Waals surface area contributed by atoms with E-state index in [4.69, 9.17) is 18.0 Å². The van der Waals surface area contributed by atoms with Gasteiger partial charge in [-0.2, -0.15) is 0 Å². The normalized spacial score (nSPS) is 20.8. The van der Waals surface area contributed by atoms with Gasteiger partial charge in [0, 0.05) is 5.25 Å². The number of thioether (sulfide) groups is 1.